The number of halogens is 3. The molecule has 4 aromatic heterocycles. The van der Waals surface area contributed by atoms with Crippen LogP contribution in [0, 0.1) is 0 Å². The third kappa shape index (κ3) is 3.94. The molecule has 0 radical (unpaired) electrons. The fourth-order valence-corrected chi connectivity index (χ4v) is 4.50. The van der Waals surface area contributed by atoms with Crippen LogP contribution < -0.4 is 4.90 Å². The van der Waals surface area contributed by atoms with E-state index in [9.17, 15) is 18.3 Å². The highest BCUT2D eigenvalue weighted by molar-refractivity contribution is 5.99. The Labute approximate surface area is 186 Å². The van der Waals surface area contributed by atoms with Crippen LogP contribution in [-0.2, 0) is 13.6 Å². The zero-order valence-electron chi connectivity index (χ0n) is 18.1. The van der Waals surface area contributed by atoms with Gasteiger partial charge in [-0.1, -0.05) is 0 Å². The number of pyridine rings is 1. The molecule has 1 aliphatic heterocycles. The van der Waals surface area contributed by atoms with Crippen molar-refractivity contribution in [3.05, 3.63) is 30.6 Å². The molecule has 5 rings (SSSR count). The van der Waals surface area contributed by atoms with Crippen molar-refractivity contribution in [1.29, 1.82) is 0 Å². The minimum absolute atomic E-state index is 0.0800. The van der Waals surface area contributed by atoms with Gasteiger partial charge in [0, 0.05) is 32.0 Å². The van der Waals surface area contributed by atoms with Gasteiger partial charge in [-0.05, 0) is 38.0 Å². The van der Waals surface area contributed by atoms with E-state index in [-0.39, 0.29) is 6.04 Å². The van der Waals surface area contributed by atoms with Crippen molar-refractivity contribution >= 4 is 16.7 Å². The lowest BCUT2D eigenvalue weighted by atomic mass is 9.99. The Morgan fingerprint density at radius 3 is 2.70 bits per heavy atom. The number of aromatic amines is 1. The summed E-state index contributed by atoms with van der Waals surface area (Å²) >= 11 is 0. The Balaban J connectivity index is 1.81. The van der Waals surface area contributed by atoms with Crippen molar-refractivity contribution in [2.75, 3.05) is 11.4 Å². The van der Waals surface area contributed by atoms with Gasteiger partial charge >= 0.3 is 6.18 Å². The molecule has 33 heavy (non-hydrogen) atoms. The average molecular weight is 460 g/mol. The standard InChI is InChI=1S/C21H23F3N8O/c1-12-9-13(33)5-8-31(12)17-10-15(16-4-7-26-30(16)2)27-19-18(14-3-6-25-28-14)29-32(20(17)19)11-21(22,23)24/h3-4,6-7,10,12-13,33H,5,8-9,11H2,1-2H3,(H,25,28). The number of anilines is 1. The zero-order chi connectivity index (χ0) is 23.3. The number of aliphatic hydroxyl groups is 1. The molecular formula is C21H23F3N8O. The van der Waals surface area contributed by atoms with E-state index in [0.29, 0.717) is 53.2 Å². The van der Waals surface area contributed by atoms with Gasteiger partial charge in [-0.2, -0.15) is 28.5 Å². The van der Waals surface area contributed by atoms with Crippen molar-refractivity contribution in [3.8, 4) is 22.8 Å². The summed E-state index contributed by atoms with van der Waals surface area (Å²) in [5, 5.41) is 25.4. The predicted octanol–water partition coefficient (Wildman–Crippen LogP) is 3.13. The molecule has 1 fully saturated rings. The summed E-state index contributed by atoms with van der Waals surface area (Å²) in [5.41, 5.74) is 3.30. The first-order valence-corrected chi connectivity index (χ1v) is 10.6. The van der Waals surface area contributed by atoms with Gasteiger partial charge in [-0.15, -0.1) is 0 Å². The highest BCUT2D eigenvalue weighted by Gasteiger charge is 2.34. The van der Waals surface area contributed by atoms with Crippen molar-refractivity contribution in [1.82, 2.24) is 34.7 Å². The van der Waals surface area contributed by atoms with E-state index in [1.807, 2.05) is 11.8 Å². The molecule has 2 N–H and O–H groups in total. The zero-order valence-corrected chi connectivity index (χ0v) is 18.1. The van der Waals surface area contributed by atoms with Crippen LogP contribution in [0.5, 0.6) is 0 Å². The third-order valence-electron chi connectivity index (χ3n) is 6.00. The van der Waals surface area contributed by atoms with Crippen LogP contribution >= 0.6 is 0 Å². The normalized spacial score (nSPS) is 19.5. The van der Waals surface area contributed by atoms with Crippen molar-refractivity contribution < 1.29 is 18.3 Å². The van der Waals surface area contributed by atoms with E-state index in [0.717, 1.165) is 10.4 Å². The van der Waals surface area contributed by atoms with E-state index in [2.05, 4.69) is 20.4 Å². The first-order valence-electron chi connectivity index (χ1n) is 10.6. The first kappa shape index (κ1) is 21.4. The van der Waals surface area contributed by atoms with Crippen molar-refractivity contribution in [2.45, 2.75) is 44.6 Å². The number of alkyl halides is 3. The van der Waals surface area contributed by atoms with Crippen LogP contribution in [0.15, 0.2) is 30.6 Å². The maximum atomic E-state index is 13.5. The predicted molar refractivity (Wildman–Crippen MR) is 115 cm³/mol. The Bertz CT molecular complexity index is 1280. The van der Waals surface area contributed by atoms with E-state index in [1.165, 1.54) is 6.20 Å². The summed E-state index contributed by atoms with van der Waals surface area (Å²) in [4.78, 5) is 6.77. The molecule has 1 aliphatic rings. The Morgan fingerprint density at radius 1 is 1.24 bits per heavy atom. The molecule has 0 bridgehead atoms. The molecular weight excluding hydrogens is 437 g/mol. The Morgan fingerprint density at radius 2 is 2.06 bits per heavy atom. The van der Waals surface area contributed by atoms with Crippen molar-refractivity contribution in [3.63, 3.8) is 0 Å². The molecule has 0 saturated carbocycles. The average Bonchev–Trinajstić information content (AvgIpc) is 3.47. The van der Waals surface area contributed by atoms with Crippen LogP contribution in [0.4, 0.5) is 18.9 Å². The number of fused-ring (bicyclic) bond motifs is 1. The van der Waals surface area contributed by atoms with Gasteiger partial charge in [-0.3, -0.25) is 14.5 Å². The van der Waals surface area contributed by atoms with Crippen LogP contribution in [0.25, 0.3) is 33.8 Å². The number of nitrogens with one attached hydrogen (secondary N) is 1. The largest absolute Gasteiger partial charge is 0.408 e. The molecule has 0 aromatic carbocycles. The number of aliphatic hydroxyl groups excluding tert-OH is 1. The molecule has 4 aromatic rings. The molecule has 0 spiro atoms. The molecule has 9 nitrogen and oxygen atoms in total. The van der Waals surface area contributed by atoms with E-state index < -0.39 is 18.8 Å². The number of hydrogen-bond acceptors (Lipinski definition) is 6. The summed E-state index contributed by atoms with van der Waals surface area (Å²) in [6.45, 7) is 1.21. The van der Waals surface area contributed by atoms with Gasteiger partial charge in [-0.25, -0.2) is 4.98 Å². The number of aromatic nitrogens is 7. The summed E-state index contributed by atoms with van der Waals surface area (Å²) in [6, 6.07) is 5.16. The SMILES string of the molecule is CC1CC(O)CCN1c1cc(-c2ccnn2C)nc2c(-c3ccn[nH]3)nn(CC(F)(F)F)c12. The van der Waals surface area contributed by atoms with Gasteiger partial charge in [0.25, 0.3) is 0 Å². The van der Waals surface area contributed by atoms with Crippen molar-refractivity contribution in [2.24, 2.45) is 7.05 Å². The Hall–Kier alpha value is -3.41. The lowest BCUT2D eigenvalue weighted by Gasteiger charge is -2.38. The number of rotatable bonds is 4. The number of aryl methyl sites for hydroxylation is 1. The fourth-order valence-electron chi connectivity index (χ4n) is 4.50. The monoisotopic (exact) mass is 460 g/mol. The highest BCUT2D eigenvalue weighted by atomic mass is 19.4. The molecule has 12 heteroatoms. The lowest BCUT2D eigenvalue weighted by Crippen LogP contribution is -2.43. The highest BCUT2D eigenvalue weighted by Crippen LogP contribution is 2.38. The second-order valence-corrected chi connectivity index (χ2v) is 8.38. The number of hydrogen-bond donors (Lipinski definition) is 2. The van der Waals surface area contributed by atoms with Gasteiger partial charge in [0.2, 0.25) is 0 Å². The second-order valence-electron chi connectivity index (χ2n) is 8.38. The minimum atomic E-state index is -4.47. The summed E-state index contributed by atoms with van der Waals surface area (Å²) in [6.07, 6.45) is -0.702. The number of H-pyrrole nitrogens is 1. The van der Waals surface area contributed by atoms with E-state index in [4.69, 9.17) is 4.98 Å². The maximum absolute atomic E-state index is 13.5. The van der Waals surface area contributed by atoms with E-state index >= 15 is 0 Å². The molecule has 0 aliphatic carbocycles. The first-order chi connectivity index (χ1) is 15.7. The van der Waals surface area contributed by atoms with Crippen LogP contribution in [0.1, 0.15) is 19.8 Å². The summed E-state index contributed by atoms with van der Waals surface area (Å²) in [7, 11) is 1.78. The molecule has 2 atom stereocenters. The fraction of sp³-hybridized carbons (Fsp3) is 0.429. The smallest absolute Gasteiger partial charge is 0.393 e. The summed E-state index contributed by atoms with van der Waals surface area (Å²) < 4.78 is 43.2. The van der Waals surface area contributed by atoms with Gasteiger partial charge in [0.05, 0.1) is 28.9 Å². The third-order valence-corrected chi connectivity index (χ3v) is 6.00. The molecule has 2 unspecified atom stereocenters. The topological polar surface area (TPSA) is 101 Å². The molecule has 5 heterocycles. The molecule has 174 valence electrons. The van der Waals surface area contributed by atoms with Gasteiger partial charge in [0.1, 0.15) is 23.3 Å². The molecule has 0 amide bonds. The second kappa shape index (κ2) is 7.87. The number of piperidine rings is 1. The lowest BCUT2D eigenvalue weighted by molar-refractivity contribution is -0.141. The quantitative estimate of drug-likeness (QED) is 0.485. The van der Waals surface area contributed by atoms with Gasteiger partial charge in [0.15, 0.2) is 0 Å². The van der Waals surface area contributed by atoms with Crippen LogP contribution in [-0.4, -0.2) is 64.7 Å². The van der Waals surface area contributed by atoms with Gasteiger partial charge < -0.3 is 10.0 Å². The van der Waals surface area contributed by atoms with Crippen LogP contribution in [0.3, 0.4) is 0 Å². The van der Waals surface area contributed by atoms with Crippen LogP contribution in [0.2, 0.25) is 0 Å². The minimum Gasteiger partial charge on any atom is -0.393 e. The summed E-state index contributed by atoms with van der Waals surface area (Å²) in [5.74, 6) is 0. The molecule has 1 saturated heterocycles. The Kier molecular flexibility index (Phi) is 5.11. The maximum Gasteiger partial charge on any atom is 0.408 e. The van der Waals surface area contributed by atoms with E-state index in [1.54, 1.807) is 36.1 Å². The number of nitrogens with zero attached hydrogens (tertiary/aromatic N) is 7.